The van der Waals surface area contributed by atoms with E-state index < -0.39 is 16.9 Å². The SMILES string of the molecule is NCCC(N)C(=O)O.O=[N+]([O-])c1c(Cl)cccc1-c1c[nH]cc1Cl. The molecule has 0 fully saturated rings. The highest BCUT2D eigenvalue weighted by Crippen LogP contribution is 2.38. The van der Waals surface area contributed by atoms with Crippen LogP contribution in [-0.2, 0) is 4.79 Å². The second kappa shape index (κ2) is 9.24. The highest BCUT2D eigenvalue weighted by atomic mass is 35.5. The van der Waals surface area contributed by atoms with E-state index in [-0.39, 0.29) is 10.7 Å². The van der Waals surface area contributed by atoms with Crippen molar-refractivity contribution in [2.45, 2.75) is 12.5 Å². The number of aromatic amines is 1. The van der Waals surface area contributed by atoms with E-state index in [1.54, 1.807) is 24.5 Å². The maximum atomic E-state index is 10.9. The fourth-order valence-electron chi connectivity index (χ4n) is 1.77. The van der Waals surface area contributed by atoms with Crippen LogP contribution >= 0.6 is 23.2 Å². The van der Waals surface area contributed by atoms with Crippen molar-refractivity contribution in [3.63, 3.8) is 0 Å². The summed E-state index contributed by atoms with van der Waals surface area (Å²) in [6.07, 6.45) is 3.50. The fraction of sp³-hybridized carbons (Fsp3) is 0.214. The number of rotatable bonds is 5. The Kier molecular flexibility index (Phi) is 7.66. The molecule has 1 aromatic heterocycles. The third kappa shape index (κ3) is 5.20. The van der Waals surface area contributed by atoms with Gasteiger partial charge in [0.1, 0.15) is 11.1 Å². The van der Waals surface area contributed by atoms with Crippen LogP contribution in [-0.4, -0.2) is 33.6 Å². The van der Waals surface area contributed by atoms with Crippen molar-refractivity contribution in [2.75, 3.05) is 6.54 Å². The largest absolute Gasteiger partial charge is 0.480 e. The minimum absolute atomic E-state index is 0.0970. The molecule has 2 rings (SSSR count). The number of aromatic nitrogens is 1. The molecule has 0 saturated carbocycles. The first kappa shape index (κ1) is 19.9. The molecular formula is C14H16Cl2N4O4. The third-order valence-electron chi connectivity index (χ3n) is 2.95. The molecule has 0 amide bonds. The molecule has 0 saturated heterocycles. The molecular weight excluding hydrogens is 359 g/mol. The van der Waals surface area contributed by atoms with Crippen LogP contribution in [0.3, 0.4) is 0 Å². The topological polar surface area (TPSA) is 148 Å². The van der Waals surface area contributed by atoms with Crippen molar-refractivity contribution in [3.05, 3.63) is 50.8 Å². The first-order valence-corrected chi connectivity index (χ1v) is 7.49. The number of nitrogens with two attached hydrogens (primary N) is 2. The third-order valence-corrected chi connectivity index (χ3v) is 3.57. The average molecular weight is 375 g/mol. The van der Waals surface area contributed by atoms with Gasteiger partial charge in [-0.3, -0.25) is 14.9 Å². The lowest BCUT2D eigenvalue weighted by atomic mass is 10.1. The number of para-hydroxylation sites is 1. The number of H-pyrrole nitrogens is 1. The number of carboxylic acids is 1. The fourth-order valence-corrected chi connectivity index (χ4v) is 2.24. The van der Waals surface area contributed by atoms with Crippen molar-refractivity contribution < 1.29 is 14.8 Å². The second-order valence-corrected chi connectivity index (χ2v) is 5.45. The maximum Gasteiger partial charge on any atom is 0.320 e. The summed E-state index contributed by atoms with van der Waals surface area (Å²) >= 11 is 11.7. The molecule has 0 radical (unpaired) electrons. The Balaban J connectivity index is 0.000000307. The summed E-state index contributed by atoms with van der Waals surface area (Å²) in [4.78, 5) is 23.1. The maximum absolute atomic E-state index is 10.9. The van der Waals surface area contributed by atoms with Gasteiger partial charge >= 0.3 is 5.97 Å². The van der Waals surface area contributed by atoms with E-state index in [1.807, 2.05) is 0 Å². The van der Waals surface area contributed by atoms with E-state index in [1.165, 1.54) is 6.07 Å². The van der Waals surface area contributed by atoms with Crippen molar-refractivity contribution in [1.29, 1.82) is 0 Å². The van der Waals surface area contributed by atoms with Gasteiger partial charge in [-0.25, -0.2) is 0 Å². The molecule has 10 heteroatoms. The molecule has 24 heavy (non-hydrogen) atoms. The number of carbonyl (C=O) groups is 1. The first-order valence-electron chi connectivity index (χ1n) is 6.73. The Hall–Kier alpha value is -2.13. The van der Waals surface area contributed by atoms with Gasteiger partial charge in [0.05, 0.1) is 15.5 Å². The molecule has 130 valence electrons. The zero-order valence-corrected chi connectivity index (χ0v) is 13.9. The number of hydrogen-bond donors (Lipinski definition) is 4. The lowest BCUT2D eigenvalue weighted by Gasteiger charge is -2.02. The normalized spacial score (nSPS) is 11.3. The minimum Gasteiger partial charge on any atom is -0.480 e. The van der Waals surface area contributed by atoms with E-state index in [4.69, 9.17) is 39.8 Å². The van der Waals surface area contributed by atoms with Crippen LogP contribution in [0, 0.1) is 10.1 Å². The summed E-state index contributed by atoms with van der Waals surface area (Å²) in [7, 11) is 0. The molecule has 8 nitrogen and oxygen atoms in total. The van der Waals surface area contributed by atoms with E-state index in [0.717, 1.165) is 0 Å². The second-order valence-electron chi connectivity index (χ2n) is 4.63. The summed E-state index contributed by atoms with van der Waals surface area (Å²) in [5.41, 5.74) is 10.9. The molecule has 0 aliphatic carbocycles. The summed E-state index contributed by atoms with van der Waals surface area (Å²) in [5, 5.41) is 19.6. The Bertz CT molecular complexity index is 721. The van der Waals surface area contributed by atoms with E-state index in [0.29, 0.717) is 29.1 Å². The lowest BCUT2D eigenvalue weighted by molar-refractivity contribution is -0.384. The van der Waals surface area contributed by atoms with Crippen LogP contribution in [0.4, 0.5) is 5.69 Å². The van der Waals surface area contributed by atoms with Gasteiger partial charge in [0.25, 0.3) is 5.69 Å². The van der Waals surface area contributed by atoms with Crippen molar-refractivity contribution in [1.82, 2.24) is 4.98 Å². The minimum atomic E-state index is -0.990. The smallest absolute Gasteiger partial charge is 0.320 e. The molecule has 0 bridgehead atoms. The zero-order chi connectivity index (χ0) is 18.3. The zero-order valence-electron chi connectivity index (χ0n) is 12.4. The van der Waals surface area contributed by atoms with Crippen molar-refractivity contribution in [3.8, 4) is 11.1 Å². The number of halogens is 2. The van der Waals surface area contributed by atoms with Gasteiger partial charge in [-0.15, -0.1) is 0 Å². The van der Waals surface area contributed by atoms with Gasteiger partial charge < -0.3 is 21.6 Å². The highest BCUT2D eigenvalue weighted by Gasteiger charge is 2.21. The highest BCUT2D eigenvalue weighted by molar-refractivity contribution is 6.35. The molecule has 2 aromatic rings. The number of nitro benzene ring substituents is 1. The predicted molar refractivity (Wildman–Crippen MR) is 92.2 cm³/mol. The average Bonchev–Trinajstić information content (AvgIpc) is 2.93. The molecule has 0 aliphatic heterocycles. The van der Waals surface area contributed by atoms with Gasteiger partial charge in [-0.05, 0) is 25.1 Å². The number of hydrogen-bond acceptors (Lipinski definition) is 5. The van der Waals surface area contributed by atoms with Crippen LogP contribution < -0.4 is 11.5 Å². The Labute approximate surface area is 147 Å². The van der Waals surface area contributed by atoms with Gasteiger partial charge in [0.2, 0.25) is 0 Å². The molecule has 1 heterocycles. The number of nitro groups is 1. The molecule has 6 N–H and O–H groups in total. The van der Waals surface area contributed by atoms with Gasteiger partial charge in [0.15, 0.2) is 0 Å². The summed E-state index contributed by atoms with van der Waals surface area (Å²) in [6, 6.07) is 3.94. The molecule has 0 spiro atoms. The standard InChI is InChI=1S/C10H6Cl2N2O2.C4H10N2O2/c11-8-3-1-2-6(10(8)14(15)16)7-4-13-5-9(7)12;5-2-1-3(6)4(7)8/h1-5,13H;3H,1-2,5-6H2,(H,7,8). The van der Waals surface area contributed by atoms with E-state index in [2.05, 4.69) is 4.98 Å². The Morgan fingerprint density at radius 3 is 2.38 bits per heavy atom. The number of aliphatic carboxylic acids is 1. The summed E-state index contributed by atoms with van der Waals surface area (Å²) in [6.45, 7) is 0.327. The monoisotopic (exact) mass is 374 g/mol. The Morgan fingerprint density at radius 2 is 1.96 bits per heavy atom. The van der Waals surface area contributed by atoms with Crippen LogP contribution in [0.2, 0.25) is 10.0 Å². The van der Waals surface area contributed by atoms with Crippen LogP contribution in [0.15, 0.2) is 30.6 Å². The molecule has 1 atom stereocenters. The molecule has 1 unspecified atom stereocenters. The number of nitrogens with zero attached hydrogens (tertiary/aromatic N) is 1. The lowest BCUT2D eigenvalue weighted by Crippen LogP contribution is -2.32. The van der Waals surface area contributed by atoms with Crippen LogP contribution in [0.25, 0.3) is 11.1 Å². The van der Waals surface area contributed by atoms with Crippen molar-refractivity contribution in [2.24, 2.45) is 11.5 Å². The summed E-state index contributed by atoms with van der Waals surface area (Å²) < 4.78 is 0. The Morgan fingerprint density at radius 1 is 1.29 bits per heavy atom. The predicted octanol–water partition coefficient (Wildman–Crippen LogP) is 2.64. The van der Waals surface area contributed by atoms with Crippen LogP contribution in [0.5, 0.6) is 0 Å². The molecule has 0 aliphatic rings. The number of benzene rings is 1. The van der Waals surface area contributed by atoms with Gasteiger partial charge in [0, 0.05) is 18.0 Å². The van der Waals surface area contributed by atoms with E-state index in [9.17, 15) is 14.9 Å². The van der Waals surface area contributed by atoms with E-state index >= 15 is 0 Å². The van der Waals surface area contributed by atoms with Gasteiger partial charge in [-0.2, -0.15) is 0 Å². The quantitative estimate of drug-likeness (QED) is 0.466. The molecule has 1 aromatic carbocycles. The van der Waals surface area contributed by atoms with Gasteiger partial charge in [-0.1, -0.05) is 29.3 Å². The van der Waals surface area contributed by atoms with Crippen LogP contribution in [0.1, 0.15) is 6.42 Å². The first-order chi connectivity index (χ1) is 11.3. The number of nitrogens with one attached hydrogen (secondary N) is 1. The number of carboxylic acid groups (broad SMARTS) is 1. The van der Waals surface area contributed by atoms with Crippen molar-refractivity contribution >= 4 is 34.9 Å². The summed E-state index contributed by atoms with van der Waals surface area (Å²) in [5.74, 6) is -0.990.